The molecule has 1 amide bonds. The third-order valence-corrected chi connectivity index (χ3v) is 4.02. The lowest BCUT2D eigenvalue weighted by molar-refractivity contribution is -0.118. The summed E-state index contributed by atoms with van der Waals surface area (Å²) in [5.41, 5.74) is 3.60. The zero-order valence-electron chi connectivity index (χ0n) is 13.5. The molecule has 0 atom stereocenters. The highest BCUT2D eigenvalue weighted by molar-refractivity contribution is 6.35. The number of halogens is 1. The number of benzene rings is 2. The predicted octanol–water partition coefficient (Wildman–Crippen LogP) is 4.52. The van der Waals surface area contributed by atoms with Crippen LogP contribution in [0.25, 0.3) is 10.9 Å². The molecule has 1 aromatic heterocycles. The number of rotatable bonds is 4. The maximum Gasteiger partial charge on any atom is 0.262 e. The van der Waals surface area contributed by atoms with Crippen molar-refractivity contribution in [2.45, 2.75) is 13.8 Å². The number of hydrogen-bond acceptors (Lipinski definition) is 3. The van der Waals surface area contributed by atoms with E-state index in [1.165, 1.54) is 0 Å². The molecule has 0 unspecified atom stereocenters. The van der Waals surface area contributed by atoms with Gasteiger partial charge in [0.05, 0.1) is 5.02 Å². The quantitative estimate of drug-likeness (QED) is 0.759. The number of carbonyl (C=O) groups is 1. The average Bonchev–Trinajstić information content (AvgIpc) is 2.57. The first-order chi connectivity index (χ1) is 11.5. The van der Waals surface area contributed by atoms with Gasteiger partial charge in [-0.25, -0.2) is 0 Å². The van der Waals surface area contributed by atoms with Crippen LogP contribution >= 0.6 is 11.6 Å². The van der Waals surface area contributed by atoms with E-state index in [1.807, 2.05) is 44.2 Å². The molecule has 4 nitrogen and oxygen atoms in total. The Morgan fingerprint density at radius 3 is 2.83 bits per heavy atom. The maximum absolute atomic E-state index is 12.1. The third kappa shape index (κ3) is 3.49. The summed E-state index contributed by atoms with van der Waals surface area (Å²) < 4.78 is 5.64. The van der Waals surface area contributed by atoms with Crippen LogP contribution < -0.4 is 10.1 Å². The van der Waals surface area contributed by atoms with Crippen LogP contribution in [0.5, 0.6) is 5.75 Å². The summed E-state index contributed by atoms with van der Waals surface area (Å²) in [5.74, 6) is 0.312. The lowest BCUT2D eigenvalue weighted by Gasteiger charge is -2.11. The minimum atomic E-state index is -0.221. The van der Waals surface area contributed by atoms with Crippen molar-refractivity contribution in [2.24, 2.45) is 0 Å². The number of nitrogens with one attached hydrogen (secondary N) is 1. The van der Waals surface area contributed by atoms with Gasteiger partial charge in [0, 0.05) is 17.3 Å². The Morgan fingerprint density at radius 1 is 1.21 bits per heavy atom. The highest BCUT2D eigenvalue weighted by Gasteiger charge is 2.10. The molecule has 0 spiro atoms. The molecule has 1 N–H and O–H groups in total. The molecule has 5 heteroatoms. The lowest BCUT2D eigenvalue weighted by atomic mass is 10.1. The van der Waals surface area contributed by atoms with E-state index < -0.39 is 0 Å². The highest BCUT2D eigenvalue weighted by Crippen LogP contribution is 2.29. The van der Waals surface area contributed by atoms with Crippen LogP contribution in [-0.2, 0) is 4.79 Å². The smallest absolute Gasteiger partial charge is 0.262 e. The molecule has 0 radical (unpaired) electrons. The van der Waals surface area contributed by atoms with Crippen LogP contribution in [-0.4, -0.2) is 17.5 Å². The van der Waals surface area contributed by atoms with Gasteiger partial charge < -0.3 is 10.1 Å². The molecular formula is C19H17ClN2O2. The molecule has 1 heterocycles. The number of pyridine rings is 1. The number of nitrogens with zero attached hydrogens (tertiary/aromatic N) is 1. The van der Waals surface area contributed by atoms with Gasteiger partial charge in [0.25, 0.3) is 5.91 Å². The van der Waals surface area contributed by atoms with Gasteiger partial charge in [0.1, 0.15) is 11.3 Å². The van der Waals surface area contributed by atoms with Crippen molar-refractivity contribution >= 4 is 34.1 Å². The summed E-state index contributed by atoms with van der Waals surface area (Å²) in [5, 5.41) is 4.26. The molecule has 122 valence electrons. The van der Waals surface area contributed by atoms with Crippen LogP contribution in [0.15, 0.2) is 48.7 Å². The summed E-state index contributed by atoms with van der Waals surface area (Å²) in [7, 11) is 0. The zero-order valence-corrected chi connectivity index (χ0v) is 14.2. The molecule has 3 rings (SSSR count). The van der Waals surface area contributed by atoms with Crippen molar-refractivity contribution in [1.82, 2.24) is 4.98 Å². The van der Waals surface area contributed by atoms with Gasteiger partial charge in [0.15, 0.2) is 6.61 Å². The Hall–Kier alpha value is -2.59. The van der Waals surface area contributed by atoms with E-state index in [-0.39, 0.29) is 12.5 Å². The van der Waals surface area contributed by atoms with E-state index in [1.54, 1.807) is 18.3 Å². The second kappa shape index (κ2) is 6.89. The van der Waals surface area contributed by atoms with E-state index in [0.717, 1.165) is 22.2 Å². The van der Waals surface area contributed by atoms with Gasteiger partial charge >= 0.3 is 0 Å². The van der Waals surface area contributed by atoms with Gasteiger partial charge in [-0.15, -0.1) is 0 Å². The van der Waals surface area contributed by atoms with Gasteiger partial charge in [-0.05, 0) is 49.7 Å². The number of hydrogen-bond donors (Lipinski definition) is 1. The first-order valence-corrected chi connectivity index (χ1v) is 7.95. The number of anilines is 1. The van der Waals surface area contributed by atoms with Gasteiger partial charge in [-0.1, -0.05) is 29.3 Å². The Bertz CT molecular complexity index is 909. The minimum absolute atomic E-state index is 0.0966. The standard InChI is InChI=1S/C19H17ClN2O2/c1-12-5-7-16(13(2)10-12)22-18(23)11-24-17-8-6-15(20)14-4-3-9-21-19(14)17/h3-10H,11H2,1-2H3,(H,22,23). The molecule has 2 aromatic carbocycles. The molecule has 0 aliphatic carbocycles. The summed E-state index contributed by atoms with van der Waals surface area (Å²) in [6.45, 7) is 3.88. The molecule has 0 aliphatic heterocycles. The first kappa shape index (κ1) is 16.3. The van der Waals surface area contributed by atoms with E-state index in [4.69, 9.17) is 16.3 Å². The van der Waals surface area contributed by atoms with Gasteiger partial charge in [-0.3, -0.25) is 9.78 Å². The van der Waals surface area contributed by atoms with Crippen LogP contribution in [0.3, 0.4) is 0 Å². The number of aromatic nitrogens is 1. The number of aryl methyl sites for hydroxylation is 2. The summed E-state index contributed by atoms with van der Waals surface area (Å²) >= 11 is 6.15. The van der Waals surface area contributed by atoms with Crippen molar-refractivity contribution in [3.8, 4) is 5.75 Å². The van der Waals surface area contributed by atoms with E-state index >= 15 is 0 Å². The Balaban J connectivity index is 1.72. The largest absolute Gasteiger partial charge is 0.481 e. The Morgan fingerprint density at radius 2 is 2.04 bits per heavy atom. The molecule has 0 fully saturated rings. The molecule has 3 aromatic rings. The minimum Gasteiger partial charge on any atom is -0.481 e. The van der Waals surface area contributed by atoms with Crippen LogP contribution in [0.2, 0.25) is 5.02 Å². The van der Waals surface area contributed by atoms with E-state index in [9.17, 15) is 4.79 Å². The normalized spacial score (nSPS) is 10.6. The Kier molecular flexibility index (Phi) is 4.67. The molecular weight excluding hydrogens is 324 g/mol. The van der Waals surface area contributed by atoms with E-state index in [0.29, 0.717) is 16.3 Å². The zero-order chi connectivity index (χ0) is 17.1. The topological polar surface area (TPSA) is 51.2 Å². The molecule has 0 saturated heterocycles. The third-order valence-electron chi connectivity index (χ3n) is 3.69. The van der Waals surface area contributed by atoms with E-state index in [2.05, 4.69) is 10.3 Å². The van der Waals surface area contributed by atoms with Crippen LogP contribution in [0.4, 0.5) is 5.69 Å². The highest BCUT2D eigenvalue weighted by atomic mass is 35.5. The maximum atomic E-state index is 12.1. The SMILES string of the molecule is Cc1ccc(NC(=O)COc2ccc(Cl)c3cccnc23)c(C)c1. The number of amides is 1. The van der Waals surface area contributed by atoms with Crippen molar-refractivity contribution in [3.63, 3.8) is 0 Å². The second-order valence-corrected chi connectivity index (χ2v) is 6.01. The molecule has 0 saturated carbocycles. The van der Waals surface area contributed by atoms with Crippen molar-refractivity contribution in [3.05, 3.63) is 64.8 Å². The van der Waals surface area contributed by atoms with Crippen LogP contribution in [0, 0.1) is 13.8 Å². The second-order valence-electron chi connectivity index (χ2n) is 5.60. The first-order valence-electron chi connectivity index (χ1n) is 7.58. The monoisotopic (exact) mass is 340 g/mol. The number of ether oxygens (including phenoxy) is 1. The van der Waals surface area contributed by atoms with Crippen molar-refractivity contribution < 1.29 is 9.53 Å². The molecule has 24 heavy (non-hydrogen) atoms. The summed E-state index contributed by atoms with van der Waals surface area (Å²) in [6.07, 6.45) is 1.67. The molecule has 0 bridgehead atoms. The molecule has 0 aliphatic rings. The van der Waals surface area contributed by atoms with Crippen LogP contribution in [0.1, 0.15) is 11.1 Å². The summed E-state index contributed by atoms with van der Waals surface area (Å²) in [6, 6.07) is 13.0. The average molecular weight is 341 g/mol. The predicted molar refractivity (Wildman–Crippen MR) is 96.8 cm³/mol. The number of fused-ring (bicyclic) bond motifs is 1. The fraction of sp³-hybridized carbons (Fsp3) is 0.158. The Labute approximate surface area is 145 Å². The fourth-order valence-corrected chi connectivity index (χ4v) is 2.73. The fourth-order valence-electron chi connectivity index (χ4n) is 2.51. The van der Waals surface area contributed by atoms with Gasteiger partial charge in [-0.2, -0.15) is 0 Å². The van der Waals surface area contributed by atoms with Gasteiger partial charge in [0.2, 0.25) is 0 Å². The lowest BCUT2D eigenvalue weighted by Crippen LogP contribution is -2.20. The van der Waals surface area contributed by atoms with Crippen molar-refractivity contribution in [2.75, 3.05) is 11.9 Å². The summed E-state index contributed by atoms with van der Waals surface area (Å²) in [4.78, 5) is 16.4. The number of carbonyl (C=O) groups excluding carboxylic acids is 1. The van der Waals surface area contributed by atoms with Crippen molar-refractivity contribution in [1.29, 1.82) is 0 Å².